The maximum atomic E-state index is 12.0. The smallest absolute Gasteiger partial charge is 0.295 e. The van der Waals surface area contributed by atoms with Crippen LogP contribution in [0.1, 0.15) is 29.8 Å². The van der Waals surface area contributed by atoms with Crippen LogP contribution >= 0.6 is 0 Å². The normalized spacial score (nSPS) is 9.94. The fraction of sp³-hybridized carbons (Fsp3) is 0.333. The Labute approximate surface area is 108 Å². The monoisotopic (exact) mass is 245 g/mol. The van der Waals surface area contributed by atoms with E-state index in [-0.39, 0.29) is 0 Å². The SMILES string of the molecule is C=C(C)CN(CC)C(=O)C(=O)c1ccc(C)cc1. The van der Waals surface area contributed by atoms with E-state index in [0.29, 0.717) is 18.7 Å². The van der Waals surface area contributed by atoms with Gasteiger partial charge in [-0.1, -0.05) is 42.0 Å². The lowest BCUT2D eigenvalue weighted by molar-refractivity contribution is -0.125. The van der Waals surface area contributed by atoms with Crippen molar-refractivity contribution < 1.29 is 9.59 Å². The van der Waals surface area contributed by atoms with Crippen molar-refractivity contribution in [1.82, 2.24) is 4.90 Å². The molecule has 0 N–H and O–H groups in total. The molecule has 0 aliphatic rings. The zero-order chi connectivity index (χ0) is 13.7. The molecule has 1 aromatic rings. The first-order valence-corrected chi connectivity index (χ1v) is 6.00. The van der Waals surface area contributed by atoms with Gasteiger partial charge in [0.25, 0.3) is 5.91 Å². The third kappa shape index (κ3) is 3.55. The average molecular weight is 245 g/mol. The second-order valence-corrected chi connectivity index (χ2v) is 4.47. The predicted octanol–water partition coefficient (Wildman–Crippen LogP) is 2.60. The fourth-order valence-electron chi connectivity index (χ4n) is 1.63. The molecule has 0 fully saturated rings. The van der Waals surface area contributed by atoms with Crippen LogP contribution in [0, 0.1) is 6.92 Å². The second-order valence-electron chi connectivity index (χ2n) is 4.47. The summed E-state index contributed by atoms with van der Waals surface area (Å²) in [5.74, 6) is -0.928. The maximum absolute atomic E-state index is 12.0. The van der Waals surface area contributed by atoms with Crippen LogP contribution in [-0.4, -0.2) is 29.7 Å². The van der Waals surface area contributed by atoms with Crippen LogP contribution in [0.3, 0.4) is 0 Å². The van der Waals surface area contributed by atoms with Gasteiger partial charge in [0.1, 0.15) is 0 Å². The molecule has 0 heterocycles. The van der Waals surface area contributed by atoms with Crippen molar-refractivity contribution in [1.29, 1.82) is 0 Å². The van der Waals surface area contributed by atoms with Crippen LogP contribution in [-0.2, 0) is 4.79 Å². The molecule has 0 bridgehead atoms. The third-order valence-electron chi connectivity index (χ3n) is 2.64. The van der Waals surface area contributed by atoms with Gasteiger partial charge in [0.2, 0.25) is 5.78 Å². The topological polar surface area (TPSA) is 37.4 Å². The molecule has 3 heteroatoms. The lowest BCUT2D eigenvalue weighted by Gasteiger charge is -2.19. The summed E-state index contributed by atoms with van der Waals surface area (Å²) in [7, 11) is 0. The van der Waals surface area contributed by atoms with Gasteiger partial charge in [-0.3, -0.25) is 9.59 Å². The number of rotatable bonds is 5. The second kappa shape index (κ2) is 6.15. The van der Waals surface area contributed by atoms with Crippen LogP contribution in [0.2, 0.25) is 0 Å². The van der Waals surface area contributed by atoms with Gasteiger partial charge in [-0.05, 0) is 20.8 Å². The Morgan fingerprint density at radius 2 is 1.78 bits per heavy atom. The summed E-state index contributed by atoms with van der Waals surface area (Å²) < 4.78 is 0. The summed E-state index contributed by atoms with van der Waals surface area (Å²) in [6.45, 7) is 10.3. The van der Waals surface area contributed by atoms with E-state index in [2.05, 4.69) is 6.58 Å². The van der Waals surface area contributed by atoms with Gasteiger partial charge in [-0.15, -0.1) is 0 Å². The molecule has 0 aromatic heterocycles. The Morgan fingerprint density at radius 3 is 2.22 bits per heavy atom. The molecule has 0 atom stereocenters. The molecule has 0 spiro atoms. The molecule has 1 amide bonds. The van der Waals surface area contributed by atoms with Gasteiger partial charge in [0, 0.05) is 18.7 Å². The van der Waals surface area contributed by atoms with Crippen molar-refractivity contribution >= 4 is 11.7 Å². The van der Waals surface area contributed by atoms with Gasteiger partial charge < -0.3 is 4.90 Å². The van der Waals surface area contributed by atoms with E-state index in [1.54, 1.807) is 12.1 Å². The van der Waals surface area contributed by atoms with Crippen LogP contribution in [0.4, 0.5) is 0 Å². The quantitative estimate of drug-likeness (QED) is 0.454. The molecule has 0 aliphatic heterocycles. The van der Waals surface area contributed by atoms with Crippen LogP contribution in [0.15, 0.2) is 36.4 Å². The highest BCUT2D eigenvalue weighted by atomic mass is 16.2. The highest BCUT2D eigenvalue weighted by Crippen LogP contribution is 2.07. The standard InChI is InChI=1S/C15H19NO2/c1-5-16(10-11(2)3)15(18)14(17)13-8-6-12(4)7-9-13/h6-9H,2,5,10H2,1,3-4H3. The first-order chi connectivity index (χ1) is 8.45. The fourth-order valence-corrected chi connectivity index (χ4v) is 1.63. The third-order valence-corrected chi connectivity index (χ3v) is 2.64. The average Bonchev–Trinajstić information content (AvgIpc) is 2.35. The number of benzene rings is 1. The summed E-state index contributed by atoms with van der Waals surface area (Å²) in [5.41, 5.74) is 2.36. The molecule has 0 saturated heterocycles. The minimum Gasteiger partial charge on any atom is -0.332 e. The van der Waals surface area contributed by atoms with Gasteiger partial charge in [0.05, 0.1) is 0 Å². The summed E-state index contributed by atoms with van der Waals surface area (Å²) in [6, 6.07) is 7.03. The summed E-state index contributed by atoms with van der Waals surface area (Å²) in [6.07, 6.45) is 0. The van der Waals surface area contributed by atoms with E-state index >= 15 is 0 Å². The number of hydrogen-bond acceptors (Lipinski definition) is 2. The summed E-state index contributed by atoms with van der Waals surface area (Å²) in [4.78, 5) is 25.6. The van der Waals surface area contributed by atoms with E-state index in [1.807, 2.05) is 32.9 Å². The highest BCUT2D eigenvalue weighted by Gasteiger charge is 2.21. The molecule has 3 nitrogen and oxygen atoms in total. The van der Waals surface area contributed by atoms with Gasteiger partial charge in [0.15, 0.2) is 0 Å². The van der Waals surface area contributed by atoms with Crippen molar-refractivity contribution in [3.05, 3.63) is 47.5 Å². The highest BCUT2D eigenvalue weighted by molar-refractivity contribution is 6.42. The van der Waals surface area contributed by atoms with E-state index in [1.165, 1.54) is 4.90 Å². The van der Waals surface area contributed by atoms with Crippen molar-refractivity contribution in [3.63, 3.8) is 0 Å². The van der Waals surface area contributed by atoms with Crippen molar-refractivity contribution in [2.45, 2.75) is 20.8 Å². The lowest BCUT2D eigenvalue weighted by atomic mass is 10.1. The van der Waals surface area contributed by atoms with Gasteiger partial charge in [-0.2, -0.15) is 0 Å². The maximum Gasteiger partial charge on any atom is 0.295 e. The molecule has 1 rings (SSSR count). The Morgan fingerprint density at radius 1 is 1.22 bits per heavy atom. The number of Topliss-reactive ketones (excluding diaryl/α,β-unsaturated/α-hetero) is 1. The molecular weight excluding hydrogens is 226 g/mol. The van der Waals surface area contributed by atoms with Crippen molar-refractivity contribution in [2.75, 3.05) is 13.1 Å². The number of hydrogen-bond donors (Lipinski definition) is 0. The van der Waals surface area contributed by atoms with Gasteiger partial charge in [-0.25, -0.2) is 0 Å². The molecule has 18 heavy (non-hydrogen) atoms. The van der Waals surface area contributed by atoms with Crippen molar-refractivity contribution in [3.8, 4) is 0 Å². The molecule has 0 saturated carbocycles. The number of ketones is 1. The molecule has 0 aliphatic carbocycles. The lowest BCUT2D eigenvalue weighted by Crippen LogP contribution is -2.37. The molecule has 96 valence electrons. The minimum atomic E-state index is -0.468. The molecular formula is C15H19NO2. The van der Waals surface area contributed by atoms with E-state index < -0.39 is 11.7 Å². The van der Waals surface area contributed by atoms with Gasteiger partial charge >= 0.3 is 0 Å². The Bertz CT molecular complexity index is 460. The summed E-state index contributed by atoms with van der Waals surface area (Å²) in [5, 5.41) is 0. The van der Waals surface area contributed by atoms with Crippen LogP contribution in [0.25, 0.3) is 0 Å². The largest absolute Gasteiger partial charge is 0.332 e. The Balaban J connectivity index is 2.85. The first-order valence-electron chi connectivity index (χ1n) is 6.00. The Kier molecular flexibility index (Phi) is 4.84. The molecule has 0 unspecified atom stereocenters. The Hall–Kier alpha value is -1.90. The van der Waals surface area contributed by atoms with E-state index in [9.17, 15) is 9.59 Å². The van der Waals surface area contributed by atoms with E-state index in [0.717, 1.165) is 11.1 Å². The number of carbonyl (C=O) groups excluding carboxylic acids is 2. The van der Waals surface area contributed by atoms with Crippen LogP contribution < -0.4 is 0 Å². The summed E-state index contributed by atoms with van der Waals surface area (Å²) >= 11 is 0. The molecule has 1 aromatic carbocycles. The number of carbonyl (C=O) groups is 2. The zero-order valence-electron chi connectivity index (χ0n) is 11.2. The zero-order valence-corrected chi connectivity index (χ0v) is 11.2. The van der Waals surface area contributed by atoms with Crippen LogP contribution in [0.5, 0.6) is 0 Å². The number of amides is 1. The minimum absolute atomic E-state index is 0.424. The van der Waals surface area contributed by atoms with E-state index in [4.69, 9.17) is 0 Å². The number of aryl methyl sites for hydroxylation is 1. The number of nitrogens with zero attached hydrogens (tertiary/aromatic N) is 1. The predicted molar refractivity (Wildman–Crippen MR) is 72.6 cm³/mol. The number of likely N-dealkylation sites (N-methyl/N-ethyl adjacent to an activating group) is 1. The first kappa shape index (κ1) is 14.2. The van der Waals surface area contributed by atoms with Crippen molar-refractivity contribution in [2.24, 2.45) is 0 Å². The molecule has 0 radical (unpaired) electrons.